The van der Waals surface area contributed by atoms with Gasteiger partial charge in [-0.3, -0.25) is 6.08 Å². The quantitative estimate of drug-likeness (QED) is 0.163. The zero-order chi connectivity index (χ0) is 33.7. The predicted octanol–water partition coefficient (Wildman–Crippen LogP) is 11.5. The third-order valence-corrected chi connectivity index (χ3v) is 7.64. The Hall–Kier alpha value is -2.32. The molecular weight excluding hydrogens is 629 g/mol. The Morgan fingerprint density at radius 3 is 1.70 bits per heavy atom. The van der Waals surface area contributed by atoms with Crippen molar-refractivity contribution in [1.29, 1.82) is 0 Å². The molecule has 0 bridgehead atoms. The van der Waals surface area contributed by atoms with Crippen molar-refractivity contribution in [3.8, 4) is 11.1 Å². The Morgan fingerprint density at radius 2 is 1.30 bits per heavy atom. The van der Waals surface area contributed by atoms with Gasteiger partial charge in [-0.2, -0.15) is 84.5 Å². The fraction of sp³-hybridized carbons (Fsp3) is 0.425. The van der Waals surface area contributed by atoms with Crippen LogP contribution >= 0.6 is 0 Å². The summed E-state index contributed by atoms with van der Waals surface area (Å²) in [5.74, 6) is 0.518. The number of hydrogen-bond acceptors (Lipinski definition) is 0. The van der Waals surface area contributed by atoms with Crippen LogP contribution in [0, 0.1) is 29.5 Å². The fourth-order valence-corrected chi connectivity index (χ4v) is 5.21. The molecule has 3 aromatic rings. The van der Waals surface area contributed by atoms with Gasteiger partial charge in [0.1, 0.15) is 0 Å². The molecule has 44 heavy (non-hydrogen) atoms. The molecule has 0 nitrogen and oxygen atoms in total. The first-order valence-corrected chi connectivity index (χ1v) is 16.8. The van der Waals surface area contributed by atoms with Crippen molar-refractivity contribution in [2.45, 2.75) is 99.6 Å². The van der Waals surface area contributed by atoms with E-state index in [-0.39, 0.29) is 10.8 Å². The molecule has 4 heteroatoms. The van der Waals surface area contributed by atoms with Crippen LogP contribution in [0.5, 0.6) is 0 Å². The minimum atomic E-state index is -4.23. The molecular formula is C40H48F3Zr-3. The number of rotatable bonds is 0. The molecule has 0 heterocycles. The van der Waals surface area contributed by atoms with E-state index in [1.54, 1.807) is 0 Å². The van der Waals surface area contributed by atoms with Gasteiger partial charge >= 0.3 is 34.6 Å². The third-order valence-electron chi connectivity index (χ3n) is 7.64. The second-order valence-electron chi connectivity index (χ2n) is 14.5. The molecule has 0 spiro atoms. The zero-order valence-corrected chi connectivity index (χ0v) is 30.9. The molecule has 0 saturated heterocycles. The van der Waals surface area contributed by atoms with E-state index in [1.165, 1.54) is 80.9 Å². The van der Waals surface area contributed by atoms with Gasteiger partial charge in [0.25, 0.3) is 0 Å². The summed E-state index contributed by atoms with van der Waals surface area (Å²) < 4.78 is 38.7. The summed E-state index contributed by atoms with van der Waals surface area (Å²) in [7, 11) is 0. The second kappa shape index (κ2) is 14.8. The summed E-state index contributed by atoms with van der Waals surface area (Å²) in [6.45, 7) is 24.7. The first-order chi connectivity index (χ1) is 20.2. The number of hydrogen-bond donors (Lipinski definition) is 0. The number of alkyl halides is 3. The molecule has 1 unspecified atom stereocenters. The minimum absolute atomic E-state index is 0.177. The van der Waals surface area contributed by atoms with Crippen LogP contribution in [-0.4, -0.2) is 4.21 Å². The molecule has 0 aliphatic heterocycles. The summed E-state index contributed by atoms with van der Waals surface area (Å²) in [5, 5.41) is 0. The molecule has 0 radical (unpaired) electrons. The van der Waals surface area contributed by atoms with Gasteiger partial charge in [0.15, 0.2) is 0 Å². The molecule has 5 rings (SSSR count). The Labute approximate surface area is 280 Å². The van der Waals surface area contributed by atoms with Crippen LogP contribution in [-0.2, 0) is 47.7 Å². The van der Waals surface area contributed by atoms with Crippen LogP contribution in [0.3, 0.4) is 0 Å². The molecule has 2 aliphatic rings. The van der Waals surface area contributed by atoms with Crippen LogP contribution < -0.4 is 0 Å². The van der Waals surface area contributed by atoms with E-state index in [4.69, 9.17) is 0 Å². The average molecular weight is 677 g/mol. The van der Waals surface area contributed by atoms with Crippen molar-refractivity contribution in [2.75, 3.05) is 0 Å². The zero-order valence-electron chi connectivity index (χ0n) is 28.4. The number of allylic oxidation sites excluding steroid dienone is 4. The first-order valence-electron chi connectivity index (χ1n) is 15.1. The van der Waals surface area contributed by atoms with Gasteiger partial charge in [-0.05, 0) is 17.4 Å². The molecule has 236 valence electrons. The topological polar surface area (TPSA) is 0 Å². The van der Waals surface area contributed by atoms with Gasteiger partial charge in [-0.25, -0.2) is 5.57 Å². The molecule has 0 amide bonds. The van der Waals surface area contributed by atoms with Gasteiger partial charge in [0.05, 0.1) is 0 Å². The Morgan fingerprint density at radius 1 is 0.750 bits per heavy atom. The molecule has 0 fully saturated rings. The van der Waals surface area contributed by atoms with Crippen molar-refractivity contribution >= 4 is 4.21 Å². The molecule has 0 aromatic heterocycles. The summed E-state index contributed by atoms with van der Waals surface area (Å²) in [5.41, 5.74) is 11.2. The summed E-state index contributed by atoms with van der Waals surface area (Å²) in [4.78, 5) is 0. The summed E-state index contributed by atoms with van der Waals surface area (Å²) in [6, 6.07) is 22.0. The van der Waals surface area contributed by atoms with Crippen molar-refractivity contribution in [1.82, 2.24) is 0 Å². The molecule has 1 atom stereocenters. The van der Waals surface area contributed by atoms with Crippen LogP contribution in [0.2, 0.25) is 0 Å². The van der Waals surface area contributed by atoms with Crippen molar-refractivity contribution in [3.05, 3.63) is 118 Å². The van der Waals surface area contributed by atoms with Gasteiger partial charge in [0, 0.05) is 0 Å². The van der Waals surface area contributed by atoms with Gasteiger partial charge < -0.3 is 0 Å². The molecule has 0 N–H and O–H groups in total. The van der Waals surface area contributed by atoms with E-state index in [9.17, 15) is 13.2 Å². The summed E-state index contributed by atoms with van der Waals surface area (Å²) >= 11 is 1.30. The van der Waals surface area contributed by atoms with Crippen molar-refractivity contribution in [2.24, 2.45) is 11.3 Å². The standard InChI is InChI=1S/C21H25.C11H17.C7H4F3.CH2.Zr/c1-20(2,3)16-9-7-14-11-15-8-10-17(21(4,5)6)13-19(15)18(14)12-16;1-8-6-9(2)10(7-8)11(3,4)5;8-7(9,10)6-4-2-1-3-5-6;;/h7,9-10,12-13H,11H2,1-6H3;7-8H,1-5H3;2-5H;1H2;/q3*-1;;. The van der Waals surface area contributed by atoms with Crippen molar-refractivity contribution in [3.63, 3.8) is 0 Å². The van der Waals surface area contributed by atoms with E-state index < -0.39 is 11.7 Å². The average Bonchev–Trinajstić information content (AvgIpc) is 3.47. The van der Waals surface area contributed by atoms with Crippen LogP contribution in [0.1, 0.15) is 104 Å². The Bertz CT molecular complexity index is 1390. The SMILES string of the molecule is CC(C)(C)c1c[c-]c2c(c1)-c1cc(C(C)(C)C)ccc1C2.CC1=[C-]C(C)C=C1C(C)(C)C.FC(F)(F)c1cc[c-]cc1.[CH2]=[Zr]. The normalized spacial score (nSPS) is 15.6. The summed E-state index contributed by atoms with van der Waals surface area (Å²) in [6.07, 6.45) is 2.51. The molecule has 3 aromatic carbocycles. The Kier molecular flexibility index (Phi) is 12.8. The maximum atomic E-state index is 11.8. The third kappa shape index (κ3) is 10.4. The fourth-order valence-electron chi connectivity index (χ4n) is 5.21. The van der Waals surface area contributed by atoms with E-state index in [0.29, 0.717) is 11.3 Å². The van der Waals surface area contributed by atoms with Gasteiger partial charge in [0.2, 0.25) is 0 Å². The van der Waals surface area contributed by atoms with Gasteiger partial charge in [-0.1, -0.05) is 128 Å². The van der Waals surface area contributed by atoms with Gasteiger partial charge in [-0.15, -0.1) is 5.56 Å². The van der Waals surface area contributed by atoms with Crippen LogP contribution in [0.15, 0.2) is 71.8 Å². The van der Waals surface area contributed by atoms with E-state index in [1.807, 2.05) is 0 Å². The molecule has 0 saturated carbocycles. The first kappa shape index (κ1) is 37.9. The van der Waals surface area contributed by atoms with E-state index in [0.717, 1.165) is 18.6 Å². The Balaban J connectivity index is 0.000000248. The van der Waals surface area contributed by atoms with Crippen LogP contribution in [0.4, 0.5) is 13.2 Å². The molecule has 2 aliphatic carbocycles. The number of benzene rings is 3. The number of halogens is 3. The van der Waals surface area contributed by atoms with Crippen LogP contribution in [0.25, 0.3) is 11.1 Å². The predicted molar refractivity (Wildman–Crippen MR) is 177 cm³/mol. The number of fused-ring (bicyclic) bond motifs is 3. The van der Waals surface area contributed by atoms with E-state index >= 15 is 0 Å². The monoisotopic (exact) mass is 675 g/mol. The second-order valence-corrected chi connectivity index (χ2v) is 14.5. The maximum absolute atomic E-state index is 11.8. The van der Waals surface area contributed by atoms with E-state index in [2.05, 4.69) is 135 Å². The van der Waals surface area contributed by atoms with Crippen molar-refractivity contribution < 1.29 is 37.4 Å².